The van der Waals surface area contributed by atoms with Crippen molar-refractivity contribution in [3.8, 4) is 5.75 Å². The first-order chi connectivity index (χ1) is 6.93. The van der Waals surface area contributed by atoms with E-state index in [9.17, 15) is 8.78 Å². The molecular formula is C12H16F2O. The summed E-state index contributed by atoms with van der Waals surface area (Å²) < 4.78 is 30.2. The van der Waals surface area contributed by atoms with E-state index >= 15 is 0 Å². The van der Waals surface area contributed by atoms with Crippen LogP contribution in [0.5, 0.6) is 5.75 Å². The van der Waals surface area contributed by atoms with E-state index in [0.29, 0.717) is 5.75 Å². The third kappa shape index (κ3) is 3.50. The van der Waals surface area contributed by atoms with Gasteiger partial charge in [0, 0.05) is 6.07 Å². The van der Waals surface area contributed by atoms with Crippen molar-refractivity contribution in [1.29, 1.82) is 0 Å². The van der Waals surface area contributed by atoms with E-state index in [1.807, 2.05) is 20.8 Å². The van der Waals surface area contributed by atoms with E-state index in [4.69, 9.17) is 4.74 Å². The van der Waals surface area contributed by atoms with E-state index in [0.717, 1.165) is 5.56 Å². The van der Waals surface area contributed by atoms with Gasteiger partial charge in [0.1, 0.15) is 24.8 Å². The molecule has 0 fully saturated rings. The van der Waals surface area contributed by atoms with Crippen LogP contribution >= 0.6 is 0 Å². The van der Waals surface area contributed by atoms with Crippen LogP contribution in [0.3, 0.4) is 0 Å². The fraction of sp³-hybridized carbons (Fsp3) is 0.500. The molecule has 0 radical (unpaired) electrons. The lowest BCUT2D eigenvalue weighted by molar-refractivity contribution is 0.271. The maximum Gasteiger partial charge on any atom is 0.127 e. The van der Waals surface area contributed by atoms with Crippen molar-refractivity contribution < 1.29 is 13.5 Å². The van der Waals surface area contributed by atoms with Crippen LogP contribution in [0, 0.1) is 5.82 Å². The maximum absolute atomic E-state index is 13.2. The van der Waals surface area contributed by atoms with Crippen LogP contribution in [0.25, 0.3) is 0 Å². The molecule has 1 rings (SSSR count). The molecular weight excluding hydrogens is 198 g/mol. The van der Waals surface area contributed by atoms with Crippen LogP contribution in [0.4, 0.5) is 8.78 Å². The lowest BCUT2D eigenvalue weighted by Gasteiger charge is -2.20. The Morgan fingerprint density at radius 2 is 1.87 bits per heavy atom. The summed E-state index contributed by atoms with van der Waals surface area (Å²) >= 11 is 0. The highest BCUT2D eigenvalue weighted by Crippen LogP contribution is 2.27. The van der Waals surface area contributed by atoms with Gasteiger partial charge < -0.3 is 4.74 Å². The Kier molecular flexibility index (Phi) is 3.66. The summed E-state index contributed by atoms with van der Waals surface area (Å²) in [5, 5.41) is 0. The highest BCUT2D eigenvalue weighted by molar-refractivity contribution is 5.33. The number of alkyl halides is 1. The van der Waals surface area contributed by atoms with Crippen LogP contribution in [0.1, 0.15) is 26.3 Å². The summed E-state index contributed by atoms with van der Waals surface area (Å²) in [5.74, 6) is 0.0360. The lowest BCUT2D eigenvalue weighted by atomic mass is 9.87. The second-order valence-corrected chi connectivity index (χ2v) is 4.46. The third-order valence-corrected chi connectivity index (χ3v) is 2.08. The largest absolute Gasteiger partial charge is 0.491 e. The monoisotopic (exact) mass is 214 g/mol. The molecule has 0 saturated carbocycles. The van der Waals surface area contributed by atoms with E-state index in [-0.39, 0.29) is 17.8 Å². The van der Waals surface area contributed by atoms with E-state index in [1.54, 1.807) is 6.07 Å². The zero-order chi connectivity index (χ0) is 11.5. The van der Waals surface area contributed by atoms with Gasteiger partial charge in [-0.3, -0.25) is 0 Å². The molecule has 1 aromatic carbocycles. The van der Waals surface area contributed by atoms with Gasteiger partial charge in [-0.05, 0) is 23.1 Å². The molecule has 15 heavy (non-hydrogen) atoms. The number of benzene rings is 1. The van der Waals surface area contributed by atoms with E-state index in [1.165, 1.54) is 12.1 Å². The van der Waals surface area contributed by atoms with Gasteiger partial charge in [-0.15, -0.1) is 0 Å². The Hall–Kier alpha value is -1.12. The number of hydrogen-bond acceptors (Lipinski definition) is 1. The molecule has 0 atom stereocenters. The molecule has 0 spiro atoms. The minimum Gasteiger partial charge on any atom is -0.491 e. The van der Waals surface area contributed by atoms with Gasteiger partial charge in [0.25, 0.3) is 0 Å². The molecule has 0 aromatic heterocycles. The highest BCUT2D eigenvalue weighted by atomic mass is 19.1. The van der Waals surface area contributed by atoms with E-state index < -0.39 is 6.67 Å². The molecule has 0 amide bonds. The molecule has 0 aliphatic heterocycles. The Labute approximate surface area is 89.1 Å². The Balaban J connectivity index is 2.95. The van der Waals surface area contributed by atoms with Gasteiger partial charge >= 0.3 is 0 Å². The first-order valence-electron chi connectivity index (χ1n) is 4.93. The molecule has 0 N–H and O–H groups in total. The molecule has 0 heterocycles. The van der Waals surface area contributed by atoms with Crippen molar-refractivity contribution in [2.75, 3.05) is 13.3 Å². The zero-order valence-corrected chi connectivity index (χ0v) is 9.31. The first-order valence-corrected chi connectivity index (χ1v) is 4.93. The van der Waals surface area contributed by atoms with Crippen LogP contribution < -0.4 is 4.74 Å². The standard InChI is InChI=1S/C12H16F2O/c1-12(2,3)9-6-10(14)8-11(7-9)15-5-4-13/h6-8H,4-5H2,1-3H3. The van der Waals surface area contributed by atoms with Crippen LogP contribution in [-0.2, 0) is 5.41 Å². The fourth-order valence-electron chi connectivity index (χ4n) is 1.24. The Bertz CT molecular complexity index is 329. The van der Waals surface area contributed by atoms with Crippen molar-refractivity contribution in [1.82, 2.24) is 0 Å². The average Bonchev–Trinajstić information content (AvgIpc) is 2.12. The predicted octanol–water partition coefficient (Wildman–Crippen LogP) is 3.47. The molecule has 0 saturated heterocycles. The van der Waals surface area contributed by atoms with Gasteiger partial charge in [-0.2, -0.15) is 0 Å². The van der Waals surface area contributed by atoms with Gasteiger partial charge in [0.15, 0.2) is 0 Å². The second-order valence-electron chi connectivity index (χ2n) is 4.46. The zero-order valence-electron chi connectivity index (χ0n) is 9.31. The molecule has 0 aliphatic carbocycles. The molecule has 84 valence electrons. The van der Waals surface area contributed by atoms with Crippen molar-refractivity contribution in [3.05, 3.63) is 29.6 Å². The van der Waals surface area contributed by atoms with Gasteiger partial charge in [-0.1, -0.05) is 20.8 Å². The summed E-state index contributed by atoms with van der Waals surface area (Å²) in [6.07, 6.45) is 0. The van der Waals surface area contributed by atoms with Crippen molar-refractivity contribution in [2.24, 2.45) is 0 Å². The Morgan fingerprint density at radius 3 is 2.40 bits per heavy atom. The number of hydrogen-bond donors (Lipinski definition) is 0. The molecule has 1 nitrogen and oxygen atoms in total. The fourth-order valence-corrected chi connectivity index (χ4v) is 1.24. The first kappa shape index (κ1) is 12.0. The average molecular weight is 214 g/mol. The van der Waals surface area contributed by atoms with Gasteiger partial charge in [-0.25, -0.2) is 8.78 Å². The Morgan fingerprint density at radius 1 is 1.20 bits per heavy atom. The molecule has 0 bridgehead atoms. The summed E-state index contributed by atoms with van der Waals surface area (Å²) in [6.45, 7) is 5.36. The van der Waals surface area contributed by atoms with Crippen molar-refractivity contribution >= 4 is 0 Å². The molecule has 0 unspecified atom stereocenters. The van der Waals surface area contributed by atoms with Gasteiger partial charge in [0.05, 0.1) is 0 Å². The second kappa shape index (κ2) is 4.60. The topological polar surface area (TPSA) is 9.23 Å². The number of halogens is 2. The molecule has 1 aromatic rings. The minimum absolute atomic E-state index is 0.0347. The normalized spacial score (nSPS) is 11.5. The SMILES string of the molecule is CC(C)(C)c1cc(F)cc(OCCF)c1. The number of ether oxygens (including phenoxy) is 1. The van der Waals surface area contributed by atoms with Crippen LogP contribution in [0.2, 0.25) is 0 Å². The van der Waals surface area contributed by atoms with E-state index in [2.05, 4.69) is 0 Å². The van der Waals surface area contributed by atoms with Crippen molar-refractivity contribution in [3.63, 3.8) is 0 Å². The highest BCUT2D eigenvalue weighted by Gasteiger charge is 2.15. The van der Waals surface area contributed by atoms with Crippen LogP contribution in [-0.4, -0.2) is 13.3 Å². The summed E-state index contributed by atoms with van der Waals surface area (Å²) in [6, 6.07) is 4.49. The summed E-state index contributed by atoms with van der Waals surface area (Å²) in [7, 11) is 0. The lowest BCUT2D eigenvalue weighted by Crippen LogP contribution is -2.12. The van der Waals surface area contributed by atoms with Crippen LogP contribution in [0.15, 0.2) is 18.2 Å². The van der Waals surface area contributed by atoms with Gasteiger partial charge in [0.2, 0.25) is 0 Å². The minimum atomic E-state index is -0.568. The molecule has 3 heteroatoms. The molecule has 0 aliphatic rings. The summed E-state index contributed by atoms with van der Waals surface area (Å²) in [5.41, 5.74) is 0.701. The number of rotatable bonds is 3. The smallest absolute Gasteiger partial charge is 0.127 e. The quantitative estimate of drug-likeness (QED) is 0.748. The third-order valence-electron chi connectivity index (χ3n) is 2.08. The summed E-state index contributed by atoms with van der Waals surface area (Å²) in [4.78, 5) is 0. The predicted molar refractivity (Wildman–Crippen MR) is 56.6 cm³/mol. The van der Waals surface area contributed by atoms with Crippen molar-refractivity contribution in [2.45, 2.75) is 26.2 Å². The maximum atomic E-state index is 13.2.